The van der Waals surface area contributed by atoms with Gasteiger partial charge in [-0.05, 0) is 60.5 Å². The highest BCUT2D eigenvalue weighted by molar-refractivity contribution is 7.92. The van der Waals surface area contributed by atoms with Crippen LogP contribution in [-0.2, 0) is 16.4 Å². The molecule has 0 saturated heterocycles. The van der Waals surface area contributed by atoms with Crippen LogP contribution in [0, 0.1) is 0 Å². The Balaban J connectivity index is 1.47. The zero-order valence-corrected chi connectivity index (χ0v) is 18.6. The number of hydrogen-bond donors (Lipinski definition) is 1. The van der Waals surface area contributed by atoms with Crippen LogP contribution >= 0.6 is 0 Å². The predicted molar refractivity (Wildman–Crippen MR) is 126 cm³/mol. The highest BCUT2D eigenvalue weighted by Crippen LogP contribution is 2.25. The fraction of sp³-hybridized carbons (Fsp3) is 0.0833. The third kappa shape index (κ3) is 4.18. The standard InChI is InChI=1S/C24H20N6O2S/c1-2-17-8-10-21(11-9-17)33(31,32)29-20-7-3-5-18(15-20)22-12-13-23-26-27-24(30(23)28-22)19-6-4-14-25-16-19/h3-16,29H,2H2,1H3. The molecule has 0 spiro atoms. The molecular weight excluding hydrogens is 436 g/mol. The smallest absolute Gasteiger partial charge is 0.261 e. The molecule has 0 aliphatic rings. The summed E-state index contributed by atoms with van der Waals surface area (Å²) in [5, 5.41) is 13.1. The van der Waals surface area contributed by atoms with E-state index in [-0.39, 0.29) is 4.90 Å². The minimum Gasteiger partial charge on any atom is -0.280 e. The Morgan fingerprint density at radius 1 is 0.909 bits per heavy atom. The number of nitrogens with one attached hydrogen (secondary N) is 1. The summed E-state index contributed by atoms with van der Waals surface area (Å²) in [6.45, 7) is 2.03. The summed E-state index contributed by atoms with van der Waals surface area (Å²) in [5.41, 5.74) is 4.34. The molecule has 3 aromatic heterocycles. The van der Waals surface area contributed by atoms with E-state index in [0.717, 1.165) is 23.1 Å². The normalized spacial score (nSPS) is 11.5. The summed E-state index contributed by atoms with van der Waals surface area (Å²) >= 11 is 0. The molecule has 0 saturated carbocycles. The molecule has 0 amide bonds. The van der Waals surface area contributed by atoms with Crippen molar-refractivity contribution in [3.8, 4) is 22.6 Å². The van der Waals surface area contributed by atoms with E-state index in [1.807, 2.05) is 49.4 Å². The van der Waals surface area contributed by atoms with Gasteiger partial charge in [0.15, 0.2) is 11.5 Å². The number of anilines is 1. The molecule has 5 aromatic rings. The Kier molecular flexibility index (Phi) is 5.31. The van der Waals surface area contributed by atoms with Crippen molar-refractivity contribution in [3.63, 3.8) is 0 Å². The van der Waals surface area contributed by atoms with Crippen molar-refractivity contribution in [2.75, 3.05) is 4.72 Å². The summed E-state index contributed by atoms with van der Waals surface area (Å²) in [4.78, 5) is 4.35. The minimum atomic E-state index is -3.71. The average molecular weight is 457 g/mol. The Morgan fingerprint density at radius 2 is 1.73 bits per heavy atom. The Labute approximate surface area is 191 Å². The lowest BCUT2D eigenvalue weighted by molar-refractivity contribution is 0.601. The first-order valence-corrected chi connectivity index (χ1v) is 11.9. The van der Waals surface area contributed by atoms with Crippen molar-refractivity contribution in [1.29, 1.82) is 0 Å². The number of aryl methyl sites for hydroxylation is 1. The van der Waals surface area contributed by atoms with Crippen molar-refractivity contribution >= 4 is 21.4 Å². The van der Waals surface area contributed by atoms with Gasteiger partial charge in [-0.3, -0.25) is 9.71 Å². The SMILES string of the molecule is CCc1ccc(S(=O)(=O)Nc2cccc(-c3ccc4nnc(-c5cccnc5)n4n3)c2)cc1. The molecule has 164 valence electrons. The minimum absolute atomic E-state index is 0.218. The van der Waals surface area contributed by atoms with Gasteiger partial charge >= 0.3 is 0 Å². The van der Waals surface area contributed by atoms with Crippen LogP contribution in [0.5, 0.6) is 0 Å². The number of benzene rings is 2. The molecule has 5 rings (SSSR count). The Morgan fingerprint density at radius 3 is 2.48 bits per heavy atom. The van der Waals surface area contributed by atoms with Crippen molar-refractivity contribution in [3.05, 3.63) is 90.8 Å². The lowest BCUT2D eigenvalue weighted by atomic mass is 10.1. The van der Waals surface area contributed by atoms with E-state index in [9.17, 15) is 8.42 Å². The van der Waals surface area contributed by atoms with Crippen LogP contribution in [0.3, 0.4) is 0 Å². The molecule has 1 N–H and O–H groups in total. The van der Waals surface area contributed by atoms with Gasteiger partial charge in [0.2, 0.25) is 0 Å². The molecule has 33 heavy (non-hydrogen) atoms. The second-order valence-corrected chi connectivity index (χ2v) is 9.12. The van der Waals surface area contributed by atoms with Crippen molar-refractivity contribution < 1.29 is 8.42 Å². The maximum Gasteiger partial charge on any atom is 0.261 e. The van der Waals surface area contributed by atoms with Crippen molar-refractivity contribution in [2.24, 2.45) is 0 Å². The third-order valence-electron chi connectivity index (χ3n) is 5.24. The molecule has 8 nitrogen and oxygen atoms in total. The van der Waals surface area contributed by atoms with Gasteiger partial charge in [0.25, 0.3) is 10.0 Å². The summed E-state index contributed by atoms with van der Waals surface area (Å²) in [6, 6.07) is 21.4. The van der Waals surface area contributed by atoms with E-state index in [2.05, 4.69) is 25.0 Å². The molecule has 0 bridgehead atoms. The van der Waals surface area contributed by atoms with Crippen molar-refractivity contribution in [1.82, 2.24) is 24.8 Å². The molecule has 0 atom stereocenters. The van der Waals surface area contributed by atoms with E-state index >= 15 is 0 Å². The largest absolute Gasteiger partial charge is 0.280 e. The monoisotopic (exact) mass is 456 g/mol. The van der Waals surface area contributed by atoms with Gasteiger partial charge in [-0.2, -0.15) is 9.61 Å². The van der Waals surface area contributed by atoms with E-state index < -0.39 is 10.0 Å². The van der Waals surface area contributed by atoms with Crippen LogP contribution in [0.4, 0.5) is 5.69 Å². The van der Waals surface area contributed by atoms with Gasteiger partial charge in [-0.1, -0.05) is 31.2 Å². The van der Waals surface area contributed by atoms with Crippen LogP contribution < -0.4 is 4.72 Å². The fourth-order valence-electron chi connectivity index (χ4n) is 3.48. The van der Waals surface area contributed by atoms with Gasteiger partial charge < -0.3 is 0 Å². The lowest BCUT2D eigenvalue weighted by Crippen LogP contribution is -2.13. The first-order chi connectivity index (χ1) is 16.0. The van der Waals surface area contributed by atoms with Gasteiger partial charge in [-0.25, -0.2) is 8.42 Å². The molecule has 0 radical (unpaired) electrons. The quantitative estimate of drug-likeness (QED) is 0.411. The zero-order chi connectivity index (χ0) is 22.8. The zero-order valence-electron chi connectivity index (χ0n) is 17.8. The van der Waals surface area contributed by atoms with Crippen LogP contribution in [0.15, 0.2) is 90.1 Å². The average Bonchev–Trinajstić information content (AvgIpc) is 3.28. The maximum absolute atomic E-state index is 12.8. The number of rotatable bonds is 6. The number of fused-ring (bicyclic) bond motifs is 1. The van der Waals surface area contributed by atoms with Crippen LogP contribution in [0.25, 0.3) is 28.3 Å². The van der Waals surface area contributed by atoms with E-state index in [0.29, 0.717) is 22.9 Å². The molecule has 0 aliphatic heterocycles. The maximum atomic E-state index is 12.8. The number of pyridine rings is 1. The van der Waals surface area contributed by atoms with Crippen LogP contribution in [-0.4, -0.2) is 33.2 Å². The van der Waals surface area contributed by atoms with Gasteiger partial charge in [0.1, 0.15) is 0 Å². The van der Waals surface area contributed by atoms with Crippen LogP contribution in [0.2, 0.25) is 0 Å². The van der Waals surface area contributed by atoms with Crippen LogP contribution in [0.1, 0.15) is 12.5 Å². The molecule has 0 fully saturated rings. The molecule has 0 unspecified atom stereocenters. The first-order valence-electron chi connectivity index (χ1n) is 10.4. The Hall–Kier alpha value is -4.11. The van der Waals surface area contributed by atoms with Gasteiger partial charge in [0.05, 0.1) is 10.6 Å². The summed E-state index contributed by atoms with van der Waals surface area (Å²) in [7, 11) is -3.71. The number of nitrogens with zero attached hydrogens (tertiary/aromatic N) is 5. The number of sulfonamides is 1. The summed E-state index contributed by atoms with van der Waals surface area (Å²) in [6.07, 6.45) is 4.24. The highest BCUT2D eigenvalue weighted by Gasteiger charge is 2.15. The van der Waals surface area contributed by atoms with E-state index in [4.69, 9.17) is 0 Å². The summed E-state index contributed by atoms with van der Waals surface area (Å²) < 4.78 is 30.0. The molecular formula is C24H20N6O2S. The molecule has 3 heterocycles. The molecule has 0 aliphatic carbocycles. The topological polar surface area (TPSA) is 102 Å². The third-order valence-corrected chi connectivity index (χ3v) is 6.63. The lowest BCUT2D eigenvalue weighted by Gasteiger charge is -2.10. The van der Waals surface area contributed by atoms with Gasteiger partial charge in [-0.15, -0.1) is 10.2 Å². The molecule has 2 aromatic carbocycles. The predicted octanol–water partition coefficient (Wildman–Crippen LogP) is 4.22. The number of aromatic nitrogens is 5. The van der Waals surface area contributed by atoms with E-state index in [1.165, 1.54) is 0 Å². The van der Waals surface area contributed by atoms with E-state index in [1.54, 1.807) is 47.2 Å². The first kappa shape index (κ1) is 20.8. The fourth-order valence-corrected chi connectivity index (χ4v) is 4.53. The molecule has 9 heteroatoms. The second kappa shape index (κ2) is 8.44. The number of hydrogen-bond acceptors (Lipinski definition) is 6. The Bertz CT molecular complexity index is 1530. The van der Waals surface area contributed by atoms with Gasteiger partial charge in [0, 0.05) is 29.2 Å². The van der Waals surface area contributed by atoms with Crippen molar-refractivity contribution in [2.45, 2.75) is 18.2 Å². The second-order valence-electron chi connectivity index (χ2n) is 7.44. The summed E-state index contributed by atoms with van der Waals surface area (Å²) in [5.74, 6) is 0.576. The highest BCUT2D eigenvalue weighted by atomic mass is 32.2.